The van der Waals surface area contributed by atoms with Gasteiger partial charge in [0, 0.05) is 12.4 Å². The van der Waals surface area contributed by atoms with Gasteiger partial charge in [0.2, 0.25) is 0 Å². The number of hydrogen-bond acceptors (Lipinski definition) is 2. The average Bonchev–Trinajstić information content (AvgIpc) is 2.53. The Labute approximate surface area is 120 Å². The van der Waals surface area contributed by atoms with Crippen LogP contribution in [-0.4, -0.2) is 12.4 Å². The molecular weight excluding hydrogens is 244 g/mol. The molecule has 0 radical (unpaired) electrons. The molecule has 0 atom stereocenters. The lowest BCUT2D eigenvalue weighted by molar-refractivity contribution is 1.14. The minimum absolute atomic E-state index is 0.954. The van der Waals surface area contributed by atoms with Crippen LogP contribution in [0.1, 0.15) is 25.0 Å². The first kappa shape index (κ1) is 14.2. The minimum Gasteiger partial charge on any atom is -0.255 e. The van der Waals surface area contributed by atoms with Gasteiger partial charge in [-0.2, -0.15) is 0 Å². The quantitative estimate of drug-likeness (QED) is 0.685. The molecule has 0 fully saturated rings. The summed E-state index contributed by atoms with van der Waals surface area (Å²) in [6, 6.07) is 16.5. The first-order chi connectivity index (χ1) is 9.81. The van der Waals surface area contributed by atoms with Gasteiger partial charge in [-0.15, -0.1) is 0 Å². The predicted octanol–water partition coefficient (Wildman–Crippen LogP) is 4.92. The van der Waals surface area contributed by atoms with Crippen LogP contribution in [0.3, 0.4) is 0 Å². The van der Waals surface area contributed by atoms with Gasteiger partial charge in [0.05, 0.1) is 11.4 Å². The molecule has 2 aromatic rings. The Morgan fingerprint density at radius 3 is 1.30 bits per heavy atom. The number of hydrogen-bond donors (Lipinski definition) is 0. The van der Waals surface area contributed by atoms with Crippen molar-refractivity contribution in [2.24, 2.45) is 9.98 Å². The van der Waals surface area contributed by atoms with Crippen molar-refractivity contribution in [2.45, 2.75) is 26.7 Å². The van der Waals surface area contributed by atoms with Gasteiger partial charge in [0.25, 0.3) is 0 Å². The highest BCUT2D eigenvalue weighted by atomic mass is 14.8. The number of nitrogens with zero attached hydrogens (tertiary/aromatic N) is 2. The maximum atomic E-state index is 4.36. The fourth-order valence-electron chi connectivity index (χ4n) is 1.87. The summed E-state index contributed by atoms with van der Waals surface area (Å²) in [5, 5.41) is 0. The zero-order valence-corrected chi connectivity index (χ0v) is 12.1. The van der Waals surface area contributed by atoms with E-state index in [1.165, 1.54) is 11.1 Å². The highest BCUT2D eigenvalue weighted by molar-refractivity contribution is 6.17. The fourth-order valence-corrected chi connectivity index (χ4v) is 1.87. The lowest BCUT2D eigenvalue weighted by Crippen LogP contribution is -1.79. The van der Waals surface area contributed by atoms with Crippen molar-refractivity contribution >= 4 is 23.8 Å². The molecule has 0 amide bonds. The molecule has 2 nitrogen and oxygen atoms in total. The monoisotopic (exact) mass is 264 g/mol. The summed E-state index contributed by atoms with van der Waals surface area (Å²) in [5.74, 6) is 0. The van der Waals surface area contributed by atoms with Crippen LogP contribution in [0.25, 0.3) is 0 Å². The van der Waals surface area contributed by atoms with Crippen LogP contribution in [0.15, 0.2) is 58.5 Å². The van der Waals surface area contributed by atoms with Crippen molar-refractivity contribution in [3.8, 4) is 0 Å². The molecule has 2 heteroatoms. The van der Waals surface area contributed by atoms with Crippen molar-refractivity contribution < 1.29 is 0 Å². The predicted molar refractivity (Wildman–Crippen MR) is 87.9 cm³/mol. The summed E-state index contributed by atoms with van der Waals surface area (Å²) in [6.45, 7) is 4.30. The lowest BCUT2D eigenvalue weighted by atomic mass is 10.1. The molecule has 2 rings (SSSR count). The summed E-state index contributed by atoms with van der Waals surface area (Å²) < 4.78 is 0. The molecule has 0 bridgehead atoms. The highest BCUT2D eigenvalue weighted by Crippen LogP contribution is 2.14. The Morgan fingerprint density at radius 1 is 0.650 bits per heavy atom. The molecule has 0 aromatic heterocycles. The SMILES string of the molecule is CCc1ccc(N=CC=Nc2ccc(CC)cc2)cc1. The molecule has 0 aliphatic heterocycles. The van der Waals surface area contributed by atoms with Gasteiger partial charge in [-0.3, -0.25) is 9.98 Å². The van der Waals surface area contributed by atoms with Crippen molar-refractivity contribution in [2.75, 3.05) is 0 Å². The van der Waals surface area contributed by atoms with E-state index in [4.69, 9.17) is 0 Å². The largest absolute Gasteiger partial charge is 0.255 e. The van der Waals surface area contributed by atoms with Crippen molar-refractivity contribution in [1.29, 1.82) is 0 Å². The van der Waals surface area contributed by atoms with Crippen LogP contribution in [0.4, 0.5) is 11.4 Å². The van der Waals surface area contributed by atoms with Gasteiger partial charge < -0.3 is 0 Å². The molecule has 0 heterocycles. The second-order valence-corrected chi connectivity index (χ2v) is 4.60. The molecule has 0 aliphatic rings. The molecule has 0 aliphatic carbocycles. The zero-order chi connectivity index (χ0) is 14.2. The number of aliphatic imine (C=N–C) groups is 2. The maximum Gasteiger partial charge on any atom is 0.0630 e. The second kappa shape index (κ2) is 7.39. The van der Waals surface area contributed by atoms with Crippen molar-refractivity contribution in [3.05, 3.63) is 59.7 Å². The van der Waals surface area contributed by atoms with Crippen LogP contribution in [-0.2, 0) is 12.8 Å². The van der Waals surface area contributed by atoms with Gasteiger partial charge in [0.1, 0.15) is 0 Å². The van der Waals surface area contributed by atoms with Gasteiger partial charge >= 0.3 is 0 Å². The molecule has 20 heavy (non-hydrogen) atoms. The van der Waals surface area contributed by atoms with Crippen LogP contribution in [0.2, 0.25) is 0 Å². The molecule has 0 saturated carbocycles. The van der Waals surface area contributed by atoms with Crippen LogP contribution in [0.5, 0.6) is 0 Å². The third-order valence-corrected chi connectivity index (χ3v) is 3.20. The summed E-state index contributed by atoms with van der Waals surface area (Å²) in [6.07, 6.45) is 5.57. The van der Waals surface area contributed by atoms with Crippen molar-refractivity contribution in [3.63, 3.8) is 0 Å². The standard InChI is InChI=1S/C18H20N2/c1-3-15-5-9-17(10-6-15)19-13-14-20-18-11-7-16(4-2)8-12-18/h5-14H,3-4H2,1-2H3. The smallest absolute Gasteiger partial charge is 0.0630 e. The second-order valence-electron chi connectivity index (χ2n) is 4.60. The molecule has 2 aromatic carbocycles. The van der Waals surface area contributed by atoms with Gasteiger partial charge in [-0.25, -0.2) is 0 Å². The molecule has 0 saturated heterocycles. The van der Waals surface area contributed by atoms with E-state index >= 15 is 0 Å². The Bertz CT molecular complexity index is 522. The zero-order valence-electron chi connectivity index (χ0n) is 12.1. The van der Waals surface area contributed by atoms with E-state index in [-0.39, 0.29) is 0 Å². The van der Waals surface area contributed by atoms with Crippen LogP contribution >= 0.6 is 0 Å². The molecule has 102 valence electrons. The van der Waals surface area contributed by atoms with Gasteiger partial charge in [-0.05, 0) is 48.2 Å². The van der Waals surface area contributed by atoms with Gasteiger partial charge in [0.15, 0.2) is 0 Å². The first-order valence-corrected chi connectivity index (χ1v) is 7.06. The average molecular weight is 264 g/mol. The molecule has 0 spiro atoms. The molecule has 0 N–H and O–H groups in total. The topological polar surface area (TPSA) is 24.7 Å². The third kappa shape index (κ3) is 4.16. The van der Waals surface area contributed by atoms with E-state index in [1.807, 2.05) is 24.3 Å². The van der Waals surface area contributed by atoms with E-state index < -0.39 is 0 Å². The van der Waals surface area contributed by atoms with E-state index in [0.717, 1.165) is 24.2 Å². The minimum atomic E-state index is 0.954. The number of rotatable bonds is 5. The molecule has 0 unspecified atom stereocenters. The fraction of sp³-hybridized carbons (Fsp3) is 0.222. The third-order valence-electron chi connectivity index (χ3n) is 3.20. The summed E-state index contributed by atoms with van der Waals surface area (Å²) in [4.78, 5) is 8.71. The van der Waals surface area contributed by atoms with Crippen LogP contribution in [0, 0.1) is 0 Å². The summed E-state index contributed by atoms with van der Waals surface area (Å²) in [5.41, 5.74) is 4.56. The lowest BCUT2D eigenvalue weighted by Gasteiger charge is -1.97. The van der Waals surface area contributed by atoms with E-state index in [2.05, 4.69) is 48.1 Å². The maximum absolute atomic E-state index is 4.36. The number of aryl methyl sites for hydroxylation is 2. The Morgan fingerprint density at radius 2 is 1.00 bits per heavy atom. The Kier molecular flexibility index (Phi) is 5.24. The van der Waals surface area contributed by atoms with E-state index in [1.54, 1.807) is 12.4 Å². The number of benzene rings is 2. The summed E-state index contributed by atoms with van der Waals surface area (Å²) in [7, 11) is 0. The normalized spacial score (nSPS) is 11.5. The van der Waals surface area contributed by atoms with E-state index in [0.29, 0.717) is 0 Å². The van der Waals surface area contributed by atoms with Crippen molar-refractivity contribution in [1.82, 2.24) is 0 Å². The first-order valence-electron chi connectivity index (χ1n) is 7.06. The van der Waals surface area contributed by atoms with Crippen LogP contribution < -0.4 is 0 Å². The highest BCUT2D eigenvalue weighted by Gasteiger charge is 1.90. The molecular formula is C18H20N2. The Hall–Kier alpha value is -2.22. The van der Waals surface area contributed by atoms with Gasteiger partial charge in [-0.1, -0.05) is 38.1 Å². The summed E-state index contributed by atoms with van der Waals surface area (Å²) >= 11 is 0. The Balaban J connectivity index is 1.95. The van der Waals surface area contributed by atoms with E-state index in [9.17, 15) is 0 Å².